The topological polar surface area (TPSA) is 94.8 Å². The molecular formula is C22H18ClNO6. The fourth-order valence-electron chi connectivity index (χ4n) is 2.62. The summed E-state index contributed by atoms with van der Waals surface area (Å²) in [5.74, 6) is -0.470. The van der Waals surface area contributed by atoms with Crippen molar-refractivity contribution in [3.63, 3.8) is 0 Å². The summed E-state index contributed by atoms with van der Waals surface area (Å²) in [6.45, 7) is 0.987. The first-order chi connectivity index (χ1) is 14.4. The Morgan fingerprint density at radius 3 is 2.40 bits per heavy atom. The average Bonchev–Trinajstić information content (AvgIpc) is 3.22. The number of hydrogen-bond donors (Lipinski definition) is 1. The third-order valence-electron chi connectivity index (χ3n) is 4.15. The molecule has 154 valence electrons. The van der Waals surface area contributed by atoms with Crippen molar-refractivity contribution in [2.24, 2.45) is 0 Å². The molecule has 0 unspecified atom stereocenters. The van der Waals surface area contributed by atoms with Crippen LogP contribution in [0.3, 0.4) is 0 Å². The van der Waals surface area contributed by atoms with Crippen LogP contribution < -0.4 is 10.1 Å². The lowest BCUT2D eigenvalue weighted by Gasteiger charge is -2.08. The van der Waals surface area contributed by atoms with Crippen LogP contribution in [-0.2, 0) is 9.53 Å². The van der Waals surface area contributed by atoms with E-state index in [4.69, 9.17) is 25.5 Å². The maximum absolute atomic E-state index is 12.1. The Kier molecular flexibility index (Phi) is 6.54. The first-order valence-corrected chi connectivity index (χ1v) is 9.27. The van der Waals surface area contributed by atoms with Crippen LogP contribution in [0.15, 0.2) is 59.0 Å². The second-order valence-electron chi connectivity index (χ2n) is 6.27. The van der Waals surface area contributed by atoms with E-state index in [9.17, 15) is 14.4 Å². The number of Topliss-reactive ketones (excluding diaryl/α,β-unsaturated/α-hetero) is 1. The van der Waals surface area contributed by atoms with Crippen molar-refractivity contribution in [1.29, 1.82) is 0 Å². The lowest BCUT2D eigenvalue weighted by Crippen LogP contribution is -2.20. The highest BCUT2D eigenvalue weighted by Crippen LogP contribution is 2.27. The molecule has 0 fully saturated rings. The Labute approximate surface area is 177 Å². The van der Waals surface area contributed by atoms with Gasteiger partial charge in [-0.3, -0.25) is 9.59 Å². The van der Waals surface area contributed by atoms with Crippen LogP contribution in [-0.4, -0.2) is 31.4 Å². The first-order valence-electron chi connectivity index (χ1n) is 8.89. The SMILES string of the molecule is COc1ccc(NC(=O)COC(=O)c2ccc(-c3ccc(C(C)=O)cc3)o2)cc1Cl. The summed E-state index contributed by atoms with van der Waals surface area (Å²) in [5.41, 5.74) is 1.72. The molecule has 1 aromatic heterocycles. The largest absolute Gasteiger partial charge is 0.495 e. The van der Waals surface area contributed by atoms with Gasteiger partial charge in [-0.1, -0.05) is 35.9 Å². The number of rotatable bonds is 7. The van der Waals surface area contributed by atoms with E-state index >= 15 is 0 Å². The Balaban J connectivity index is 1.57. The van der Waals surface area contributed by atoms with Gasteiger partial charge < -0.3 is 19.2 Å². The van der Waals surface area contributed by atoms with Crippen LogP contribution in [0.1, 0.15) is 27.8 Å². The zero-order chi connectivity index (χ0) is 21.7. The third kappa shape index (κ3) is 5.07. The van der Waals surface area contributed by atoms with E-state index in [1.165, 1.54) is 26.2 Å². The van der Waals surface area contributed by atoms with Gasteiger partial charge in [0.1, 0.15) is 11.5 Å². The first kappa shape index (κ1) is 21.1. The minimum Gasteiger partial charge on any atom is -0.495 e. The number of amides is 1. The molecule has 30 heavy (non-hydrogen) atoms. The molecule has 0 radical (unpaired) electrons. The summed E-state index contributed by atoms with van der Waals surface area (Å²) in [6.07, 6.45) is 0. The maximum Gasteiger partial charge on any atom is 0.374 e. The Hall–Kier alpha value is -3.58. The summed E-state index contributed by atoms with van der Waals surface area (Å²) >= 11 is 6.01. The van der Waals surface area contributed by atoms with Gasteiger partial charge in [-0.05, 0) is 37.3 Å². The molecule has 7 nitrogen and oxygen atoms in total. The van der Waals surface area contributed by atoms with Crippen molar-refractivity contribution >= 4 is 34.9 Å². The van der Waals surface area contributed by atoms with E-state index in [2.05, 4.69) is 5.32 Å². The standard InChI is InChI=1S/C22H18ClNO6/c1-13(25)14-3-5-15(6-4-14)18-9-10-20(30-18)22(27)29-12-21(26)24-16-7-8-19(28-2)17(23)11-16/h3-11H,12H2,1-2H3,(H,24,26). The van der Waals surface area contributed by atoms with Crippen molar-refractivity contribution < 1.29 is 28.3 Å². The molecule has 3 aromatic rings. The third-order valence-corrected chi connectivity index (χ3v) is 4.45. The number of furan rings is 1. The molecule has 2 aromatic carbocycles. The zero-order valence-corrected chi connectivity index (χ0v) is 17.0. The minimum atomic E-state index is -0.774. The molecular weight excluding hydrogens is 410 g/mol. The second kappa shape index (κ2) is 9.28. The molecule has 0 saturated carbocycles. The number of carbonyl (C=O) groups is 3. The number of benzene rings is 2. The molecule has 1 amide bonds. The van der Waals surface area contributed by atoms with Crippen LogP contribution in [0.25, 0.3) is 11.3 Å². The predicted molar refractivity (Wildman–Crippen MR) is 111 cm³/mol. The van der Waals surface area contributed by atoms with Crippen molar-refractivity contribution in [2.75, 3.05) is 19.0 Å². The van der Waals surface area contributed by atoms with E-state index in [0.717, 1.165) is 0 Å². The van der Waals surface area contributed by atoms with E-state index in [1.54, 1.807) is 42.5 Å². The van der Waals surface area contributed by atoms with Crippen molar-refractivity contribution in [2.45, 2.75) is 6.92 Å². The molecule has 1 heterocycles. The van der Waals surface area contributed by atoms with Gasteiger partial charge in [-0.25, -0.2) is 4.79 Å². The normalized spacial score (nSPS) is 10.4. The summed E-state index contributed by atoms with van der Waals surface area (Å²) in [5, 5.41) is 2.91. The molecule has 0 bridgehead atoms. The fourth-order valence-corrected chi connectivity index (χ4v) is 2.87. The highest BCUT2D eigenvalue weighted by Gasteiger charge is 2.16. The molecule has 0 aliphatic carbocycles. The number of ether oxygens (including phenoxy) is 2. The van der Waals surface area contributed by atoms with Gasteiger partial charge in [0.05, 0.1) is 12.1 Å². The van der Waals surface area contributed by atoms with Gasteiger partial charge in [0.25, 0.3) is 5.91 Å². The molecule has 0 aliphatic heterocycles. The highest BCUT2D eigenvalue weighted by molar-refractivity contribution is 6.32. The van der Waals surface area contributed by atoms with Gasteiger partial charge in [0.15, 0.2) is 12.4 Å². The van der Waals surface area contributed by atoms with Crippen molar-refractivity contribution in [3.05, 3.63) is 70.9 Å². The molecule has 0 spiro atoms. The molecule has 8 heteroatoms. The van der Waals surface area contributed by atoms with Crippen LogP contribution in [0.4, 0.5) is 5.69 Å². The molecule has 0 saturated heterocycles. The van der Waals surface area contributed by atoms with Crippen LogP contribution in [0, 0.1) is 0 Å². The lowest BCUT2D eigenvalue weighted by molar-refractivity contribution is -0.119. The highest BCUT2D eigenvalue weighted by atomic mass is 35.5. The van der Waals surface area contributed by atoms with E-state index < -0.39 is 18.5 Å². The monoisotopic (exact) mass is 427 g/mol. The molecule has 3 rings (SSSR count). The predicted octanol–water partition coefficient (Wildman–Crippen LogP) is 4.61. The molecule has 1 N–H and O–H groups in total. The van der Waals surface area contributed by atoms with E-state index in [0.29, 0.717) is 33.3 Å². The number of methoxy groups -OCH3 is 1. The van der Waals surface area contributed by atoms with Gasteiger partial charge >= 0.3 is 5.97 Å². The maximum atomic E-state index is 12.1. The summed E-state index contributed by atoms with van der Waals surface area (Å²) in [4.78, 5) is 35.5. The lowest BCUT2D eigenvalue weighted by atomic mass is 10.1. The van der Waals surface area contributed by atoms with Crippen LogP contribution in [0.5, 0.6) is 5.75 Å². The summed E-state index contributed by atoms with van der Waals surface area (Å²) in [7, 11) is 1.49. The van der Waals surface area contributed by atoms with Gasteiger partial charge in [-0.15, -0.1) is 0 Å². The molecule has 0 atom stereocenters. The number of halogens is 1. The number of carbonyl (C=O) groups excluding carboxylic acids is 3. The number of anilines is 1. The van der Waals surface area contributed by atoms with Gasteiger partial charge in [0, 0.05) is 16.8 Å². The number of ketones is 1. The van der Waals surface area contributed by atoms with Crippen molar-refractivity contribution in [1.82, 2.24) is 0 Å². The van der Waals surface area contributed by atoms with Gasteiger partial charge in [-0.2, -0.15) is 0 Å². The quantitative estimate of drug-likeness (QED) is 0.437. The second-order valence-corrected chi connectivity index (χ2v) is 6.68. The molecule has 0 aliphatic rings. The smallest absolute Gasteiger partial charge is 0.374 e. The van der Waals surface area contributed by atoms with E-state index in [-0.39, 0.29) is 11.5 Å². The van der Waals surface area contributed by atoms with E-state index in [1.807, 2.05) is 0 Å². The number of esters is 1. The number of hydrogen-bond acceptors (Lipinski definition) is 6. The Morgan fingerprint density at radius 1 is 1.03 bits per heavy atom. The Morgan fingerprint density at radius 2 is 1.77 bits per heavy atom. The van der Waals surface area contributed by atoms with Gasteiger partial charge in [0.2, 0.25) is 5.76 Å². The zero-order valence-electron chi connectivity index (χ0n) is 16.2. The Bertz CT molecular complexity index is 1090. The van der Waals surface area contributed by atoms with Crippen LogP contribution >= 0.6 is 11.6 Å². The fraction of sp³-hybridized carbons (Fsp3) is 0.136. The average molecular weight is 428 g/mol. The number of nitrogens with one attached hydrogen (secondary N) is 1. The van der Waals surface area contributed by atoms with Crippen molar-refractivity contribution in [3.8, 4) is 17.1 Å². The minimum absolute atomic E-state index is 0.0408. The van der Waals surface area contributed by atoms with Crippen LogP contribution in [0.2, 0.25) is 5.02 Å². The summed E-state index contributed by atoms with van der Waals surface area (Å²) in [6, 6.07) is 14.6. The summed E-state index contributed by atoms with van der Waals surface area (Å²) < 4.78 is 15.5.